The van der Waals surface area contributed by atoms with Gasteiger partial charge in [-0.1, -0.05) is 6.92 Å². The van der Waals surface area contributed by atoms with Crippen LogP contribution in [0.4, 0.5) is 0 Å². The molecular weight excluding hydrogens is 260 g/mol. The Hall–Kier alpha value is -0.580. The molecule has 0 spiro atoms. The lowest BCUT2D eigenvalue weighted by atomic mass is 10.0. The Labute approximate surface area is 123 Å². The van der Waals surface area contributed by atoms with Crippen molar-refractivity contribution in [1.82, 2.24) is 20.0 Å². The van der Waals surface area contributed by atoms with E-state index in [1.54, 1.807) is 0 Å². The number of hydrogen-bond acceptors (Lipinski definition) is 3. The van der Waals surface area contributed by atoms with Crippen LogP contribution in [-0.2, 0) is 6.54 Å². The summed E-state index contributed by atoms with van der Waals surface area (Å²) in [5.74, 6) is 0. The zero-order valence-corrected chi connectivity index (χ0v) is 13.0. The minimum Gasteiger partial charge on any atom is -0.317 e. The summed E-state index contributed by atoms with van der Waals surface area (Å²) in [6, 6.07) is 0.767. The second-order valence-corrected chi connectivity index (χ2v) is 5.30. The zero-order chi connectivity index (χ0) is 12.8. The van der Waals surface area contributed by atoms with Crippen molar-refractivity contribution in [2.24, 2.45) is 0 Å². The van der Waals surface area contributed by atoms with E-state index in [9.17, 15) is 0 Å². The Kier molecular flexibility index (Phi) is 7.42. The molecule has 1 N–H and O–H groups in total. The summed E-state index contributed by atoms with van der Waals surface area (Å²) in [5, 5.41) is 7.82. The number of halogens is 1. The van der Waals surface area contributed by atoms with E-state index >= 15 is 0 Å². The highest BCUT2D eigenvalue weighted by Crippen LogP contribution is 2.12. The Morgan fingerprint density at radius 2 is 2.11 bits per heavy atom. The Morgan fingerprint density at radius 3 is 2.68 bits per heavy atom. The molecule has 1 aromatic rings. The van der Waals surface area contributed by atoms with Gasteiger partial charge in [0.05, 0.1) is 12.7 Å². The van der Waals surface area contributed by atoms with Crippen LogP contribution >= 0.6 is 12.4 Å². The summed E-state index contributed by atoms with van der Waals surface area (Å²) < 4.78 is 2.07. The molecular formula is C14H27ClN4. The van der Waals surface area contributed by atoms with Gasteiger partial charge in [0.25, 0.3) is 0 Å². The van der Waals surface area contributed by atoms with Crippen LogP contribution in [0.5, 0.6) is 0 Å². The van der Waals surface area contributed by atoms with Gasteiger partial charge in [-0.15, -0.1) is 12.4 Å². The van der Waals surface area contributed by atoms with Gasteiger partial charge in [0, 0.05) is 18.8 Å². The number of piperidine rings is 1. The number of hydrogen-bond donors (Lipinski definition) is 1. The topological polar surface area (TPSA) is 33.1 Å². The van der Waals surface area contributed by atoms with Crippen LogP contribution in [0.2, 0.25) is 0 Å². The van der Waals surface area contributed by atoms with Crippen LogP contribution in [0.3, 0.4) is 0 Å². The molecule has 1 fully saturated rings. The average molecular weight is 287 g/mol. The van der Waals surface area contributed by atoms with Crippen LogP contribution in [0.1, 0.15) is 31.7 Å². The van der Waals surface area contributed by atoms with E-state index in [0.717, 1.165) is 19.1 Å². The Balaban J connectivity index is 0.00000180. The van der Waals surface area contributed by atoms with Gasteiger partial charge in [0.15, 0.2) is 0 Å². The van der Waals surface area contributed by atoms with Crippen LogP contribution < -0.4 is 5.32 Å². The highest BCUT2D eigenvalue weighted by molar-refractivity contribution is 5.85. The number of nitrogens with zero attached hydrogens (tertiary/aromatic N) is 3. The molecule has 0 saturated carbocycles. The van der Waals surface area contributed by atoms with Gasteiger partial charge < -0.3 is 5.32 Å². The number of aryl methyl sites for hydroxylation is 1. The van der Waals surface area contributed by atoms with Crippen molar-refractivity contribution in [3.63, 3.8) is 0 Å². The fourth-order valence-electron chi connectivity index (χ4n) is 2.76. The van der Waals surface area contributed by atoms with Crippen molar-refractivity contribution in [1.29, 1.82) is 0 Å². The highest BCUT2D eigenvalue weighted by atomic mass is 35.5. The van der Waals surface area contributed by atoms with E-state index in [-0.39, 0.29) is 12.4 Å². The number of rotatable bonds is 6. The van der Waals surface area contributed by atoms with Crippen molar-refractivity contribution in [3.8, 4) is 0 Å². The third-order valence-corrected chi connectivity index (χ3v) is 3.71. The molecule has 1 saturated heterocycles. The standard InChI is InChI=1S/C14H26N4.ClH/c1-3-8-17(14-4-6-15-7-5-14)9-10-18-12-13(2)11-16-18;/h11-12,14-15H,3-10H2,1-2H3;1H. The summed E-state index contributed by atoms with van der Waals surface area (Å²) in [5.41, 5.74) is 1.25. The highest BCUT2D eigenvalue weighted by Gasteiger charge is 2.19. The Morgan fingerprint density at radius 1 is 1.37 bits per heavy atom. The average Bonchev–Trinajstić information content (AvgIpc) is 2.81. The first kappa shape index (κ1) is 16.5. The minimum atomic E-state index is 0. The van der Waals surface area contributed by atoms with E-state index < -0.39 is 0 Å². The zero-order valence-electron chi connectivity index (χ0n) is 12.1. The van der Waals surface area contributed by atoms with E-state index in [4.69, 9.17) is 0 Å². The molecule has 0 aromatic carbocycles. The van der Waals surface area contributed by atoms with Crippen LogP contribution in [-0.4, -0.2) is 46.9 Å². The smallest absolute Gasteiger partial charge is 0.0536 e. The summed E-state index contributed by atoms with van der Waals surface area (Å²) in [4.78, 5) is 2.65. The first-order valence-corrected chi connectivity index (χ1v) is 7.23. The van der Waals surface area contributed by atoms with Gasteiger partial charge in [-0.25, -0.2) is 0 Å². The molecule has 1 aliphatic heterocycles. The third-order valence-electron chi connectivity index (χ3n) is 3.71. The molecule has 5 heteroatoms. The third kappa shape index (κ3) is 5.13. The molecule has 110 valence electrons. The lowest BCUT2D eigenvalue weighted by Crippen LogP contribution is -2.44. The van der Waals surface area contributed by atoms with Gasteiger partial charge in [-0.3, -0.25) is 9.58 Å². The molecule has 0 aliphatic carbocycles. The molecule has 2 heterocycles. The van der Waals surface area contributed by atoms with Gasteiger partial charge in [0.1, 0.15) is 0 Å². The van der Waals surface area contributed by atoms with E-state index in [0.29, 0.717) is 0 Å². The molecule has 19 heavy (non-hydrogen) atoms. The van der Waals surface area contributed by atoms with Crippen LogP contribution in [0.15, 0.2) is 12.4 Å². The largest absolute Gasteiger partial charge is 0.317 e. The number of aromatic nitrogens is 2. The predicted molar refractivity (Wildman–Crippen MR) is 82.0 cm³/mol. The summed E-state index contributed by atoms with van der Waals surface area (Å²) >= 11 is 0. The van der Waals surface area contributed by atoms with Crippen molar-refractivity contribution in [2.45, 2.75) is 45.7 Å². The van der Waals surface area contributed by atoms with E-state index in [1.807, 2.05) is 6.20 Å². The maximum absolute atomic E-state index is 4.37. The molecule has 2 rings (SSSR count). The summed E-state index contributed by atoms with van der Waals surface area (Å²) in [6.07, 6.45) is 7.89. The fourth-order valence-corrected chi connectivity index (χ4v) is 2.76. The lowest BCUT2D eigenvalue weighted by Gasteiger charge is -2.34. The van der Waals surface area contributed by atoms with E-state index in [1.165, 1.54) is 44.5 Å². The molecule has 1 aromatic heterocycles. The lowest BCUT2D eigenvalue weighted by molar-refractivity contribution is 0.154. The van der Waals surface area contributed by atoms with Gasteiger partial charge >= 0.3 is 0 Å². The van der Waals surface area contributed by atoms with Crippen molar-refractivity contribution in [2.75, 3.05) is 26.2 Å². The van der Waals surface area contributed by atoms with Crippen LogP contribution in [0, 0.1) is 6.92 Å². The fraction of sp³-hybridized carbons (Fsp3) is 0.786. The first-order valence-electron chi connectivity index (χ1n) is 7.23. The van der Waals surface area contributed by atoms with Gasteiger partial charge in [-0.2, -0.15) is 5.10 Å². The predicted octanol–water partition coefficient (Wildman–Crippen LogP) is 2.08. The van der Waals surface area contributed by atoms with Crippen molar-refractivity contribution >= 4 is 12.4 Å². The van der Waals surface area contributed by atoms with Gasteiger partial charge in [-0.05, 0) is 51.4 Å². The Bertz CT molecular complexity index is 347. The monoisotopic (exact) mass is 286 g/mol. The number of nitrogens with one attached hydrogen (secondary N) is 1. The van der Waals surface area contributed by atoms with E-state index in [2.05, 4.69) is 40.0 Å². The van der Waals surface area contributed by atoms with Crippen molar-refractivity contribution in [3.05, 3.63) is 18.0 Å². The summed E-state index contributed by atoms with van der Waals surface area (Å²) in [6.45, 7) is 10.1. The minimum absolute atomic E-state index is 0. The molecule has 0 radical (unpaired) electrons. The molecule has 0 unspecified atom stereocenters. The first-order chi connectivity index (χ1) is 8.79. The summed E-state index contributed by atoms with van der Waals surface area (Å²) in [7, 11) is 0. The van der Waals surface area contributed by atoms with Crippen LogP contribution in [0.25, 0.3) is 0 Å². The molecule has 0 bridgehead atoms. The molecule has 1 aliphatic rings. The second kappa shape index (κ2) is 8.56. The van der Waals surface area contributed by atoms with Crippen molar-refractivity contribution < 1.29 is 0 Å². The molecule has 0 atom stereocenters. The second-order valence-electron chi connectivity index (χ2n) is 5.30. The maximum Gasteiger partial charge on any atom is 0.0536 e. The normalized spacial score (nSPS) is 16.6. The van der Waals surface area contributed by atoms with Gasteiger partial charge in [0.2, 0.25) is 0 Å². The quantitative estimate of drug-likeness (QED) is 0.869. The molecule has 0 amide bonds. The maximum atomic E-state index is 4.37. The SMILES string of the molecule is CCCN(CCn1cc(C)cn1)C1CCNCC1.Cl. The molecule has 4 nitrogen and oxygen atoms in total.